The summed E-state index contributed by atoms with van der Waals surface area (Å²) in [6.45, 7) is 0. The van der Waals surface area contributed by atoms with Crippen molar-refractivity contribution in [1.82, 2.24) is 0 Å². The number of rotatable bonds is 1. The first-order valence-corrected chi connectivity index (χ1v) is 3.31. The van der Waals surface area contributed by atoms with Crippen molar-refractivity contribution in [1.29, 1.82) is 0 Å². The molecule has 1 aromatic rings. The van der Waals surface area contributed by atoms with Crippen LogP contribution in [0.5, 0.6) is 0 Å². The smallest absolute Gasteiger partial charge is 0.407 e. The molecule has 0 aliphatic carbocycles. The minimum absolute atomic E-state index is 0.180. The van der Waals surface area contributed by atoms with Crippen molar-refractivity contribution < 1.29 is 17.6 Å². The maximum Gasteiger partial charge on any atom is 0.407 e. The molecule has 0 aliphatic rings. The summed E-state index contributed by atoms with van der Waals surface area (Å²) in [5.74, 6) is -0.180. The summed E-state index contributed by atoms with van der Waals surface area (Å²) in [5, 5.41) is -1.82. The molecule has 0 amide bonds. The van der Waals surface area contributed by atoms with E-state index in [4.69, 9.17) is 0 Å². The average molecular weight is 182 g/mol. The molecule has 0 saturated carbocycles. The van der Waals surface area contributed by atoms with Gasteiger partial charge in [-0.1, -0.05) is 0 Å². The van der Waals surface area contributed by atoms with Crippen LogP contribution in [-0.2, 0) is 0 Å². The fourth-order valence-electron chi connectivity index (χ4n) is 0.608. The van der Waals surface area contributed by atoms with Crippen LogP contribution in [0.2, 0.25) is 0 Å². The first kappa shape index (κ1) is 8.52. The summed E-state index contributed by atoms with van der Waals surface area (Å²) in [4.78, 5) is 0. The Bertz CT molecular complexity index is 216. The van der Waals surface area contributed by atoms with E-state index >= 15 is 0 Å². The molecule has 1 atom stereocenters. The molecule has 11 heavy (non-hydrogen) atoms. The molecule has 0 N–H and O–H groups in total. The topological polar surface area (TPSA) is 13.1 Å². The minimum atomic E-state index is -4.35. The van der Waals surface area contributed by atoms with Crippen molar-refractivity contribution in [2.45, 2.75) is 11.4 Å². The van der Waals surface area contributed by atoms with E-state index in [1.807, 2.05) is 0 Å². The zero-order valence-electron chi connectivity index (χ0n) is 5.30. The van der Waals surface area contributed by atoms with Gasteiger partial charge in [0.1, 0.15) is 5.76 Å². The van der Waals surface area contributed by atoms with Gasteiger partial charge in [-0.15, -0.1) is 0 Å². The van der Waals surface area contributed by atoms with Crippen molar-refractivity contribution in [3.05, 3.63) is 24.2 Å². The van der Waals surface area contributed by atoms with E-state index in [0.717, 1.165) is 0 Å². The summed E-state index contributed by atoms with van der Waals surface area (Å²) in [6, 6.07) is 2.63. The monoisotopic (exact) mass is 182 g/mol. The van der Waals surface area contributed by atoms with Gasteiger partial charge in [0.2, 0.25) is 0 Å². The zero-order chi connectivity index (χ0) is 8.48. The molecule has 0 bridgehead atoms. The van der Waals surface area contributed by atoms with Gasteiger partial charge in [0.25, 0.3) is 0 Å². The molecule has 1 nitrogen and oxygen atoms in total. The normalized spacial score (nSPS) is 14.9. The van der Waals surface area contributed by atoms with E-state index in [0.29, 0.717) is 0 Å². The maximum absolute atomic E-state index is 11.9. The van der Waals surface area contributed by atoms with Gasteiger partial charge in [0, 0.05) is 0 Å². The summed E-state index contributed by atoms with van der Waals surface area (Å²) in [7, 11) is 0. The Morgan fingerprint density at radius 3 is 2.45 bits per heavy atom. The van der Waals surface area contributed by atoms with Gasteiger partial charge in [-0.05, 0) is 12.1 Å². The van der Waals surface area contributed by atoms with E-state index in [1.165, 1.54) is 18.4 Å². The molecule has 1 unspecified atom stereocenters. The molecule has 5 heteroatoms. The van der Waals surface area contributed by atoms with Crippen LogP contribution in [0.4, 0.5) is 13.2 Å². The minimum Gasteiger partial charge on any atom is -0.468 e. The van der Waals surface area contributed by atoms with Crippen molar-refractivity contribution >= 4 is 12.6 Å². The molecule has 1 rings (SSSR count). The first-order chi connectivity index (χ1) is 5.02. The van der Waals surface area contributed by atoms with E-state index in [1.54, 1.807) is 0 Å². The second-order valence-electron chi connectivity index (χ2n) is 1.96. The Hall–Kier alpha value is -0.580. The molecule has 0 saturated heterocycles. The lowest BCUT2D eigenvalue weighted by Crippen LogP contribution is -2.14. The summed E-state index contributed by atoms with van der Waals surface area (Å²) in [5.41, 5.74) is 0. The van der Waals surface area contributed by atoms with Gasteiger partial charge in [0.15, 0.2) is 5.25 Å². The summed E-state index contributed by atoms with van der Waals surface area (Å²) in [6.07, 6.45) is -3.16. The number of furan rings is 1. The predicted molar refractivity (Wildman–Crippen MR) is 36.5 cm³/mol. The van der Waals surface area contributed by atoms with Gasteiger partial charge in [-0.25, -0.2) is 0 Å². The quantitative estimate of drug-likeness (QED) is 0.659. The van der Waals surface area contributed by atoms with Gasteiger partial charge < -0.3 is 4.42 Å². The summed E-state index contributed by atoms with van der Waals surface area (Å²) >= 11 is 3.35. The van der Waals surface area contributed by atoms with Gasteiger partial charge >= 0.3 is 6.18 Å². The van der Waals surface area contributed by atoms with E-state index in [9.17, 15) is 13.2 Å². The predicted octanol–water partition coefficient (Wildman–Crippen LogP) is 2.81. The third kappa shape index (κ3) is 1.92. The molecule has 0 spiro atoms. The van der Waals surface area contributed by atoms with E-state index < -0.39 is 11.4 Å². The molecule has 1 aromatic heterocycles. The highest BCUT2D eigenvalue weighted by Crippen LogP contribution is 2.37. The lowest BCUT2D eigenvalue weighted by atomic mass is 10.3. The fraction of sp³-hybridized carbons (Fsp3) is 0.333. The number of alkyl halides is 3. The van der Waals surface area contributed by atoms with Crippen LogP contribution in [0.1, 0.15) is 11.0 Å². The van der Waals surface area contributed by atoms with Crippen molar-refractivity contribution in [2.24, 2.45) is 0 Å². The van der Waals surface area contributed by atoms with Crippen molar-refractivity contribution in [2.75, 3.05) is 0 Å². The second-order valence-corrected chi connectivity index (χ2v) is 2.48. The van der Waals surface area contributed by atoms with Crippen LogP contribution >= 0.6 is 12.6 Å². The standard InChI is InChI=1S/C6H5F3OS/c7-6(8,9)5(11)4-2-1-3-10-4/h1-3,5,11H. The average Bonchev–Trinajstić information content (AvgIpc) is 2.34. The highest BCUT2D eigenvalue weighted by Gasteiger charge is 2.39. The number of halogens is 3. The highest BCUT2D eigenvalue weighted by atomic mass is 32.1. The lowest BCUT2D eigenvalue weighted by molar-refractivity contribution is -0.132. The summed E-state index contributed by atoms with van der Waals surface area (Å²) < 4.78 is 40.2. The Morgan fingerprint density at radius 1 is 1.45 bits per heavy atom. The molecule has 0 radical (unpaired) electrons. The van der Waals surface area contributed by atoms with Gasteiger partial charge in [0.05, 0.1) is 6.26 Å². The first-order valence-electron chi connectivity index (χ1n) is 2.80. The Balaban J connectivity index is 2.78. The van der Waals surface area contributed by atoms with Crippen LogP contribution in [-0.4, -0.2) is 6.18 Å². The van der Waals surface area contributed by atoms with Crippen molar-refractivity contribution in [3.63, 3.8) is 0 Å². The van der Waals surface area contributed by atoms with Crippen LogP contribution in [0, 0.1) is 0 Å². The van der Waals surface area contributed by atoms with Crippen LogP contribution < -0.4 is 0 Å². The molecule has 0 fully saturated rings. The highest BCUT2D eigenvalue weighted by molar-refractivity contribution is 7.80. The fourth-order valence-corrected chi connectivity index (χ4v) is 0.755. The second kappa shape index (κ2) is 2.81. The van der Waals surface area contributed by atoms with Crippen LogP contribution in [0.3, 0.4) is 0 Å². The Labute approximate surface area is 66.6 Å². The molecular formula is C6H5F3OS. The third-order valence-corrected chi connectivity index (χ3v) is 1.67. The number of hydrogen-bond donors (Lipinski definition) is 1. The largest absolute Gasteiger partial charge is 0.468 e. The molecule has 0 aromatic carbocycles. The SMILES string of the molecule is FC(F)(F)C(S)c1ccco1. The molecule has 1 heterocycles. The zero-order valence-corrected chi connectivity index (χ0v) is 6.19. The Kier molecular flexibility index (Phi) is 2.17. The third-order valence-electron chi connectivity index (χ3n) is 1.12. The van der Waals surface area contributed by atoms with Gasteiger partial charge in [-0.2, -0.15) is 25.8 Å². The van der Waals surface area contributed by atoms with Crippen molar-refractivity contribution in [3.8, 4) is 0 Å². The lowest BCUT2D eigenvalue weighted by Gasteiger charge is -2.11. The van der Waals surface area contributed by atoms with Crippen LogP contribution in [0.15, 0.2) is 22.8 Å². The molecule has 0 aliphatic heterocycles. The molecule has 62 valence electrons. The van der Waals surface area contributed by atoms with E-state index in [-0.39, 0.29) is 5.76 Å². The number of hydrogen-bond acceptors (Lipinski definition) is 2. The van der Waals surface area contributed by atoms with Gasteiger partial charge in [-0.3, -0.25) is 0 Å². The molecular weight excluding hydrogens is 177 g/mol. The maximum atomic E-state index is 11.9. The Morgan fingerprint density at radius 2 is 2.09 bits per heavy atom. The van der Waals surface area contributed by atoms with Crippen LogP contribution in [0.25, 0.3) is 0 Å². The van der Waals surface area contributed by atoms with E-state index in [2.05, 4.69) is 17.0 Å². The number of thiol groups is 1.